The molecule has 0 aliphatic carbocycles. The Morgan fingerprint density at radius 1 is 1.53 bits per heavy atom. The molecule has 6 nitrogen and oxygen atoms in total. The zero-order valence-corrected chi connectivity index (χ0v) is 9.82. The molecule has 0 saturated heterocycles. The number of carboxylic acid groups (broad SMARTS) is 1. The summed E-state index contributed by atoms with van der Waals surface area (Å²) in [6.07, 6.45) is -5.44. The summed E-state index contributed by atoms with van der Waals surface area (Å²) in [6.45, 7) is -0.120. The van der Waals surface area contributed by atoms with E-state index in [0.29, 0.717) is 0 Å². The van der Waals surface area contributed by atoms with E-state index in [9.17, 15) is 18.0 Å². The lowest BCUT2D eigenvalue weighted by Gasteiger charge is -2.14. The summed E-state index contributed by atoms with van der Waals surface area (Å²) in [7, 11) is 1.18. The van der Waals surface area contributed by atoms with Gasteiger partial charge in [0.05, 0.1) is 13.5 Å². The number of nitrogens with zero attached hydrogens (tertiary/aromatic N) is 1. The fourth-order valence-corrected chi connectivity index (χ4v) is 1.45. The molecule has 1 aromatic rings. The van der Waals surface area contributed by atoms with E-state index in [2.05, 4.69) is 9.72 Å². The standard InChI is InChI=1S/C10H11F3N2O4/c1-18-9-6(4-14)5(3-8(16)17)2-7(15-9)19-10(11,12)13/h2H,3-4,14H2,1H3,(H,16,17). The van der Waals surface area contributed by atoms with E-state index >= 15 is 0 Å². The molecule has 0 atom stereocenters. The van der Waals surface area contributed by atoms with E-state index in [1.807, 2.05) is 0 Å². The zero-order valence-electron chi connectivity index (χ0n) is 9.82. The number of halogens is 3. The topological polar surface area (TPSA) is 94.7 Å². The van der Waals surface area contributed by atoms with Crippen LogP contribution in [0.2, 0.25) is 0 Å². The Balaban J connectivity index is 3.25. The van der Waals surface area contributed by atoms with Crippen LogP contribution in [0.15, 0.2) is 6.07 Å². The predicted molar refractivity (Wildman–Crippen MR) is 56.7 cm³/mol. The molecular weight excluding hydrogens is 269 g/mol. The Hall–Kier alpha value is -2.03. The van der Waals surface area contributed by atoms with E-state index in [1.165, 1.54) is 7.11 Å². The van der Waals surface area contributed by atoms with Crippen molar-refractivity contribution in [1.29, 1.82) is 0 Å². The minimum absolute atomic E-state index is 0.0566. The highest BCUT2D eigenvalue weighted by atomic mass is 19.4. The molecule has 1 heterocycles. The van der Waals surface area contributed by atoms with Gasteiger partial charge in [-0.25, -0.2) is 0 Å². The van der Waals surface area contributed by atoms with Crippen LogP contribution in [0.1, 0.15) is 11.1 Å². The van der Waals surface area contributed by atoms with Crippen LogP contribution in [0, 0.1) is 0 Å². The molecule has 19 heavy (non-hydrogen) atoms. The number of carbonyl (C=O) groups is 1. The minimum Gasteiger partial charge on any atom is -0.481 e. The van der Waals surface area contributed by atoms with Crippen molar-refractivity contribution in [2.45, 2.75) is 19.3 Å². The van der Waals surface area contributed by atoms with Gasteiger partial charge in [-0.15, -0.1) is 13.2 Å². The van der Waals surface area contributed by atoms with Gasteiger partial charge in [-0.05, 0) is 5.56 Å². The maximum atomic E-state index is 12.1. The van der Waals surface area contributed by atoms with Gasteiger partial charge < -0.3 is 20.3 Å². The first kappa shape index (κ1) is 15.0. The lowest BCUT2D eigenvalue weighted by Crippen LogP contribution is -2.19. The number of ether oxygens (including phenoxy) is 2. The van der Waals surface area contributed by atoms with Crippen molar-refractivity contribution >= 4 is 5.97 Å². The Kier molecular flexibility index (Phi) is 4.54. The van der Waals surface area contributed by atoms with Gasteiger partial charge in [-0.2, -0.15) is 4.98 Å². The molecule has 0 saturated carbocycles. The summed E-state index contributed by atoms with van der Waals surface area (Å²) in [6, 6.07) is 0.881. The van der Waals surface area contributed by atoms with Crippen LogP contribution >= 0.6 is 0 Å². The first-order valence-electron chi connectivity index (χ1n) is 5.01. The van der Waals surface area contributed by atoms with Gasteiger partial charge in [0.25, 0.3) is 0 Å². The molecule has 0 amide bonds. The highest BCUT2D eigenvalue weighted by Crippen LogP contribution is 2.28. The first-order valence-corrected chi connectivity index (χ1v) is 5.01. The third kappa shape index (κ3) is 4.28. The van der Waals surface area contributed by atoms with Gasteiger partial charge >= 0.3 is 12.3 Å². The van der Waals surface area contributed by atoms with Crippen LogP contribution in [0.25, 0.3) is 0 Å². The van der Waals surface area contributed by atoms with Gasteiger partial charge in [0.2, 0.25) is 11.8 Å². The Morgan fingerprint density at radius 3 is 2.58 bits per heavy atom. The SMILES string of the molecule is COc1nc(OC(F)(F)F)cc(CC(=O)O)c1CN. The molecule has 0 radical (unpaired) electrons. The number of alkyl halides is 3. The molecule has 0 aliphatic heterocycles. The summed E-state index contributed by atoms with van der Waals surface area (Å²) < 4.78 is 44.8. The fourth-order valence-electron chi connectivity index (χ4n) is 1.45. The third-order valence-corrected chi connectivity index (χ3v) is 2.11. The largest absolute Gasteiger partial charge is 0.574 e. The second kappa shape index (κ2) is 5.74. The average molecular weight is 280 g/mol. The van der Waals surface area contributed by atoms with Crippen LogP contribution in [-0.4, -0.2) is 29.5 Å². The quantitative estimate of drug-likeness (QED) is 0.838. The van der Waals surface area contributed by atoms with E-state index in [-0.39, 0.29) is 23.6 Å². The smallest absolute Gasteiger partial charge is 0.481 e. The van der Waals surface area contributed by atoms with E-state index < -0.39 is 24.6 Å². The second-order valence-corrected chi connectivity index (χ2v) is 3.43. The Morgan fingerprint density at radius 2 is 2.16 bits per heavy atom. The average Bonchev–Trinajstić information content (AvgIpc) is 2.25. The number of carboxylic acids is 1. The van der Waals surface area contributed by atoms with Crippen molar-refractivity contribution in [2.75, 3.05) is 7.11 Å². The Labute approximate surface area is 105 Å². The number of hydrogen-bond donors (Lipinski definition) is 2. The number of pyridine rings is 1. The molecule has 0 aliphatic rings. The Bertz CT molecular complexity index is 477. The highest BCUT2D eigenvalue weighted by molar-refractivity contribution is 5.71. The van der Waals surface area contributed by atoms with Crippen molar-refractivity contribution in [1.82, 2.24) is 4.98 Å². The van der Waals surface area contributed by atoms with Crippen molar-refractivity contribution in [2.24, 2.45) is 5.73 Å². The monoisotopic (exact) mass is 280 g/mol. The maximum absolute atomic E-state index is 12.1. The van der Waals surface area contributed by atoms with Crippen LogP contribution in [0.4, 0.5) is 13.2 Å². The van der Waals surface area contributed by atoms with Crippen molar-refractivity contribution < 1.29 is 32.5 Å². The lowest BCUT2D eigenvalue weighted by molar-refractivity contribution is -0.276. The number of hydrogen-bond acceptors (Lipinski definition) is 5. The van der Waals surface area contributed by atoms with Gasteiger partial charge in [-0.3, -0.25) is 4.79 Å². The van der Waals surface area contributed by atoms with Crippen LogP contribution in [0.3, 0.4) is 0 Å². The van der Waals surface area contributed by atoms with Gasteiger partial charge in [0.15, 0.2) is 0 Å². The molecule has 0 fully saturated rings. The molecule has 3 N–H and O–H groups in total. The minimum atomic E-state index is -4.93. The van der Waals surface area contributed by atoms with Crippen molar-refractivity contribution in [3.8, 4) is 11.8 Å². The van der Waals surface area contributed by atoms with Crippen molar-refractivity contribution in [3.63, 3.8) is 0 Å². The van der Waals surface area contributed by atoms with Gasteiger partial charge in [0, 0.05) is 18.2 Å². The molecule has 0 unspecified atom stereocenters. The number of aromatic nitrogens is 1. The summed E-state index contributed by atoms with van der Waals surface area (Å²) >= 11 is 0. The molecule has 0 aromatic carbocycles. The van der Waals surface area contributed by atoms with Crippen molar-refractivity contribution in [3.05, 3.63) is 17.2 Å². The molecule has 0 spiro atoms. The first-order chi connectivity index (χ1) is 8.76. The second-order valence-electron chi connectivity index (χ2n) is 3.43. The summed E-state index contributed by atoms with van der Waals surface area (Å²) in [4.78, 5) is 14.1. The molecule has 1 aromatic heterocycles. The van der Waals surface area contributed by atoms with Crippen LogP contribution in [0.5, 0.6) is 11.8 Å². The number of nitrogens with two attached hydrogens (primary N) is 1. The van der Waals surface area contributed by atoms with Gasteiger partial charge in [0.1, 0.15) is 0 Å². The van der Waals surface area contributed by atoms with E-state index in [4.69, 9.17) is 15.6 Å². The highest BCUT2D eigenvalue weighted by Gasteiger charge is 2.32. The van der Waals surface area contributed by atoms with Crippen LogP contribution in [-0.2, 0) is 17.8 Å². The maximum Gasteiger partial charge on any atom is 0.574 e. The summed E-state index contributed by atoms with van der Waals surface area (Å²) in [5.74, 6) is -2.21. The summed E-state index contributed by atoms with van der Waals surface area (Å²) in [5, 5.41) is 8.71. The molecule has 9 heteroatoms. The molecular formula is C10H11F3N2O4. The summed E-state index contributed by atoms with van der Waals surface area (Å²) in [5.41, 5.74) is 5.68. The lowest BCUT2D eigenvalue weighted by atomic mass is 10.1. The number of rotatable bonds is 5. The zero-order chi connectivity index (χ0) is 14.6. The van der Waals surface area contributed by atoms with E-state index in [0.717, 1.165) is 6.07 Å². The molecule has 106 valence electrons. The third-order valence-electron chi connectivity index (χ3n) is 2.11. The predicted octanol–water partition coefficient (Wildman–Crippen LogP) is 1.07. The number of methoxy groups -OCH3 is 1. The fraction of sp³-hybridized carbons (Fsp3) is 0.400. The van der Waals surface area contributed by atoms with Crippen LogP contribution < -0.4 is 15.2 Å². The number of aliphatic carboxylic acids is 1. The molecule has 1 rings (SSSR count). The van der Waals surface area contributed by atoms with Gasteiger partial charge in [-0.1, -0.05) is 0 Å². The van der Waals surface area contributed by atoms with E-state index in [1.54, 1.807) is 0 Å². The molecule has 0 bridgehead atoms. The normalized spacial score (nSPS) is 11.2.